The SMILES string of the molecule is CCC(CSc1ccc(OC(C)C(=O)O)cc1)=C(c1ccc(-c2ccc(F)c(Cl)c2)cc1)c1ccc(-c2ccc(F)c(Cl)c2)cc1. The van der Waals surface area contributed by atoms with Crippen LogP contribution in [0.2, 0.25) is 10.0 Å². The Kier molecular flexibility index (Phi) is 10.8. The number of aliphatic carboxylic acids is 1. The van der Waals surface area contributed by atoms with Crippen LogP contribution in [0.25, 0.3) is 27.8 Å². The Balaban J connectivity index is 1.48. The van der Waals surface area contributed by atoms with Crippen molar-refractivity contribution >= 4 is 46.5 Å². The van der Waals surface area contributed by atoms with Crippen molar-refractivity contribution in [3.63, 3.8) is 0 Å². The molecule has 8 heteroatoms. The van der Waals surface area contributed by atoms with Gasteiger partial charge < -0.3 is 9.84 Å². The molecule has 0 amide bonds. The molecule has 0 aromatic heterocycles. The third kappa shape index (κ3) is 8.00. The van der Waals surface area contributed by atoms with Gasteiger partial charge in [0.15, 0.2) is 6.10 Å². The van der Waals surface area contributed by atoms with Crippen molar-refractivity contribution in [2.45, 2.75) is 31.3 Å². The first-order valence-corrected chi connectivity index (χ1v) is 16.3. The highest BCUT2D eigenvalue weighted by Crippen LogP contribution is 2.36. The summed E-state index contributed by atoms with van der Waals surface area (Å²) in [5.41, 5.74) is 7.85. The van der Waals surface area contributed by atoms with E-state index in [9.17, 15) is 13.6 Å². The maximum atomic E-state index is 13.8. The fourth-order valence-corrected chi connectivity index (χ4v) is 6.35. The summed E-state index contributed by atoms with van der Waals surface area (Å²) in [6.45, 7) is 3.62. The molecular formula is C38H30Cl2F2O3S. The maximum absolute atomic E-state index is 13.8. The molecular weight excluding hydrogens is 645 g/mol. The number of rotatable bonds is 11. The van der Waals surface area contributed by atoms with Crippen LogP contribution < -0.4 is 4.74 Å². The second-order valence-corrected chi connectivity index (χ2v) is 12.5. The third-order valence-electron chi connectivity index (χ3n) is 7.53. The molecule has 5 aromatic carbocycles. The summed E-state index contributed by atoms with van der Waals surface area (Å²) in [5.74, 6) is -0.729. The first-order valence-electron chi connectivity index (χ1n) is 14.6. The number of hydrogen-bond acceptors (Lipinski definition) is 3. The molecule has 1 N–H and O–H groups in total. The van der Waals surface area contributed by atoms with E-state index in [1.54, 1.807) is 48.2 Å². The Morgan fingerprint density at radius 1 is 0.739 bits per heavy atom. The van der Waals surface area contributed by atoms with Gasteiger partial charge in [-0.25, -0.2) is 13.6 Å². The molecule has 0 saturated heterocycles. The van der Waals surface area contributed by atoms with Crippen LogP contribution in [0.5, 0.6) is 5.75 Å². The summed E-state index contributed by atoms with van der Waals surface area (Å²) in [6, 6.07) is 33.1. The zero-order valence-corrected chi connectivity index (χ0v) is 27.4. The molecule has 0 fully saturated rings. The Labute approximate surface area is 281 Å². The molecule has 0 radical (unpaired) electrons. The number of carboxylic acids is 1. The van der Waals surface area contributed by atoms with Gasteiger partial charge in [-0.15, -0.1) is 11.8 Å². The van der Waals surface area contributed by atoms with E-state index in [0.29, 0.717) is 11.5 Å². The molecule has 0 aliphatic carbocycles. The monoisotopic (exact) mass is 674 g/mol. The summed E-state index contributed by atoms with van der Waals surface area (Å²) < 4.78 is 33.0. The lowest BCUT2D eigenvalue weighted by atomic mass is 9.90. The molecule has 0 aliphatic rings. The van der Waals surface area contributed by atoms with Gasteiger partial charge >= 0.3 is 5.97 Å². The summed E-state index contributed by atoms with van der Waals surface area (Å²) in [4.78, 5) is 12.2. The van der Waals surface area contributed by atoms with Crippen molar-refractivity contribution in [2.24, 2.45) is 0 Å². The molecule has 0 bridgehead atoms. The quantitative estimate of drug-likeness (QED) is 0.142. The van der Waals surface area contributed by atoms with Gasteiger partial charge in [0.1, 0.15) is 17.4 Å². The lowest BCUT2D eigenvalue weighted by Gasteiger charge is -2.17. The van der Waals surface area contributed by atoms with Crippen LogP contribution in [-0.2, 0) is 4.79 Å². The predicted molar refractivity (Wildman–Crippen MR) is 185 cm³/mol. The number of ether oxygens (including phenoxy) is 1. The van der Waals surface area contributed by atoms with Gasteiger partial charge in [0.25, 0.3) is 0 Å². The number of hydrogen-bond donors (Lipinski definition) is 1. The number of benzene rings is 5. The van der Waals surface area contributed by atoms with Crippen LogP contribution in [0.4, 0.5) is 8.78 Å². The van der Waals surface area contributed by atoms with E-state index in [1.165, 1.54) is 24.6 Å². The number of thioether (sulfide) groups is 1. The zero-order chi connectivity index (χ0) is 32.8. The summed E-state index contributed by atoms with van der Waals surface area (Å²) in [6.07, 6.45) is -0.141. The predicted octanol–water partition coefficient (Wildman–Crippen LogP) is 11.5. The highest BCUT2D eigenvalue weighted by molar-refractivity contribution is 7.99. The normalized spacial score (nSPS) is 11.6. The van der Waals surface area contributed by atoms with Crippen molar-refractivity contribution in [2.75, 3.05) is 5.75 Å². The van der Waals surface area contributed by atoms with Gasteiger partial charge in [0.2, 0.25) is 0 Å². The second-order valence-electron chi connectivity index (χ2n) is 10.6. The van der Waals surface area contributed by atoms with Crippen LogP contribution in [0.1, 0.15) is 31.4 Å². The van der Waals surface area contributed by atoms with Gasteiger partial charge in [0.05, 0.1) is 10.0 Å². The highest BCUT2D eigenvalue weighted by atomic mass is 35.5. The average molecular weight is 676 g/mol. The summed E-state index contributed by atoms with van der Waals surface area (Å²) in [7, 11) is 0. The zero-order valence-electron chi connectivity index (χ0n) is 25.1. The molecule has 5 aromatic rings. The average Bonchev–Trinajstić information content (AvgIpc) is 3.06. The van der Waals surface area contributed by atoms with Gasteiger partial charge in [-0.1, -0.05) is 96.4 Å². The van der Waals surface area contributed by atoms with E-state index < -0.39 is 23.7 Å². The van der Waals surface area contributed by atoms with E-state index in [4.69, 9.17) is 33.0 Å². The van der Waals surface area contributed by atoms with Crippen LogP contribution in [0.15, 0.2) is 120 Å². The van der Waals surface area contributed by atoms with Crippen LogP contribution in [0, 0.1) is 11.6 Å². The largest absolute Gasteiger partial charge is 0.479 e. The van der Waals surface area contributed by atoms with Crippen LogP contribution >= 0.6 is 35.0 Å². The minimum absolute atomic E-state index is 0.0750. The van der Waals surface area contributed by atoms with Crippen molar-refractivity contribution in [3.8, 4) is 28.0 Å². The van der Waals surface area contributed by atoms with E-state index in [2.05, 4.69) is 31.2 Å². The van der Waals surface area contributed by atoms with Crippen molar-refractivity contribution in [1.29, 1.82) is 0 Å². The lowest BCUT2D eigenvalue weighted by Crippen LogP contribution is -2.22. The van der Waals surface area contributed by atoms with Crippen LogP contribution in [-0.4, -0.2) is 22.9 Å². The van der Waals surface area contributed by atoms with Gasteiger partial charge in [-0.3, -0.25) is 0 Å². The van der Waals surface area contributed by atoms with Crippen molar-refractivity contribution < 1.29 is 23.4 Å². The minimum Gasteiger partial charge on any atom is -0.479 e. The molecule has 46 heavy (non-hydrogen) atoms. The maximum Gasteiger partial charge on any atom is 0.344 e. The van der Waals surface area contributed by atoms with Gasteiger partial charge in [-0.2, -0.15) is 0 Å². The first-order chi connectivity index (χ1) is 22.1. The van der Waals surface area contributed by atoms with E-state index in [-0.39, 0.29) is 10.0 Å². The topological polar surface area (TPSA) is 46.5 Å². The summed E-state index contributed by atoms with van der Waals surface area (Å²) >= 11 is 13.8. The fourth-order valence-electron chi connectivity index (χ4n) is 4.98. The first kappa shape index (κ1) is 33.3. The van der Waals surface area contributed by atoms with Crippen molar-refractivity contribution in [3.05, 3.63) is 148 Å². The molecule has 234 valence electrons. The molecule has 0 heterocycles. The Morgan fingerprint density at radius 2 is 1.20 bits per heavy atom. The molecule has 0 saturated carbocycles. The number of halogens is 4. The minimum atomic E-state index is -1.02. The third-order valence-corrected chi connectivity index (χ3v) is 9.21. The van der Waals surface area contributed by atoms with E-state index in [0.717, 1.165) is 50.3 Å². The standard InChI is InChI=1S/C38H30Cl2F2O3S/c1-3-24(22-46-32-16-14-31(15-17-32)45-23(2)38(43)44)37(27-8-4-25(5-9-27)29-12-18-35(41)33(39)20-29)28-10-6-26(7-11-28)30-13-19-36(42)34(40)21-30/h4-21,23H,3,22H2,1-2H3,(H,43,44). The molecule has 5 rings (SSSR count). The van der Waals surface area contributed by atoms with Gasteiger partial charge in [-0.05, 0) is 101 Å². The lowest BCUT2D eigenvalue weighted by molar-refractivity contribution is -0.144. The van der Waals surface area contributed by atoms with Crippen LogP contribution in [0.3, 0.4) is 0 Å². The molecule has 1 unspecified atom stereocenters. The van der Waals surface area contributed by atoms with Crippen molar-refractivity contribution in [1.82, 2.24) is 0 Å². The number of carbonyl (C=O) groups is 1. The second kappa shape index (κ2) is 15.0. The molecule has 0 spiro atoms. The molecule has 3 nitrogen and oxygen atoms in total. The Hall–Kier alpha value is -4.10. The highest BCUT2D eigenvalue weighted by Gasteiger charge is 2.15. The smallest absolute Gasteiger partial charge is 0.344 e. The van der Waals surface area contributed by atoms with E-state index >= 15 is 0 Å². The van der Waals surface area contributed by atoms with E-state index in [1.807, 2.05) is 36.4 Å². The fraction of sp³-hybridized carbons (Fsp3) is 0.132. The molecule has 0 aliphatic heterocycles. The van der Waals surface area contributed by atoms with Gasteiger partial charge in [0, 0.05) is 10.6 Å². The Morgan fingerprint density at radius 3 is 1.61 bits per heavy atom. The number of carboxylic acid groups (broad SMARTS) is 1. The summed E-state index contributed by atoms with van der Waals surface area (Å²) in [5, 5.41) is 9.28. The molecule has 1 atom stereocenters. The Bertz CT molecular complexity index is 1780.